The molecule has 1 unspecified atom stereocenters. The lowest BCUT2D eigenvalue weighted by molar-refractivity contribution is 0.0195. The zero-order valence-corrected chi connectivity index (χ0v) is 14.3. The molecule has 1 aliphatic rings. The summed E-state index contributed by atoms with van der Waals surface area (Å²) in [6.45, 7) is 7.26. The lowest BCUT2D eigenvalue weighted by atomic mass is 10.0. The van der Waals surface area contributed by atoms with Gasteiger partial charge in [0, 0.05) is 24.5 Å². The maximum atomic E-state index is 12.3. The number of carbonyl (C=O) groups excluding carboxylic acids is 1. The molecule has 0 bridgehead atoms. The van der Waals surface area contributed by atoms with Gasteiger partial charge < -0.3 is 15.0 Å². The predicted octanol–water partition coefficient (Wildman–Crippen LogP) is 3.88. The number of halogens is 2. The lowest BCUT2D eigenvalue weighted by Crippen LogP contribution is -2.49. The van der Waals surface area contributed by atoms with Crippen LogP contribution in [0.25, 0.3) is 0 Å². The van der Waals surface area contributed by atoms with Gasteiger partial charge in [-0.3, -0.25) is 0 Å². The Morgan fingerprint density at radius 2 is 2.00 bits per heavy atom. The van der Waals surface area contributed by atoms with E-state index in [1.54, 1.807) is 17.0 Å². The maximum absolute atomic E-state index is 12.3. The fourth-order valence-electron chi connectivity index (χ4n) is 2.35. The first kappa shape index (κ1) is 18.0. The quantitative estimate of drug-likeness (QED) is 0.845. The van der Waals surface area contributed by atoms with Crippen LogP contribution in [-0.2, 0) is 4.74 Å². The van der Waals surface area contributed by atoms with Gasteiger partial charge in [0.1, 0.15) is 5.60 Å². The van der Waals surface area contributed by atoms with E-state index in [0.717, 1.165) is 5.56 Å². The van der Waals surface area contributed by atoms with Crippen molar-refractivity contribution in [3.8, 4) is 0 Å². The van der Waals surface area contributed by atoms with Crippen molar-refractivity contribution in [2.24, 2.45) is 0 Å². The minimum atomic E-state index is -2.42. The van der Waals surface area contributed by atoms with Gasteiger partial charge >= 0.3 is 6.09 Å². The van der Waals surface area contributed by atoms with Crippen LogP contribution in [0.4, 0.5) is 13.6 Å². The number of hydrogen-bond acceptors (Lipinski definition) is 4. The van der Waals surface area contributed by atoms with Crippen LogP contribution in [0.2, 0.25) is 0 Å². The molecule has 0 aliphatic carbocycles. The number of ether oxygens (including phenoxy) is 1. The van der Waals surface area contributed by atoms with Crippen LogP contribution in [0.1, 0.15) is 32.4 Å². The van der Waals surface area contributed by atoms with Crippen molar-refractivity contribution in [1.29, 1.82) is 0 Å². The van der Waals surface area contributed by atoms with Gasteiger partial charge in [-0.05, 0) is 38.5 Å². The molecule has 0 radical (unpaired) electrons. The number of alkyl halides is 2. The Morgan fingerprint density at radius 3 is 2.57 bits per heavy atom. The lowest BCUT2D eigenvalue weighted by Gasteiger charge is -2.35. The van der Waals surface area contributed by atoms with E-state index in [-0.39, 0.29) is 12.1 Å². The Balaban J connectivity index is 1.99. The molecule has 4 nitrogen and oxygen atoms in total. The standard InChI is InChI=1S/C16H22F2N2O2S/c1-16(2,3)22-15(21)20-9-8-19-13(10-20)11-4-6-12(7-5-11)23-14(17)18/h4-7,13-14,19H,8-10H2,1-3H3. The Kier molecular flexibility index (Phi) is 5.86. The molecule has 128 valence electrons. The molecule has 1 atom stereocenters. The van der Waals surface area contributed by atoms with Crippen LogP contribution < -0.4 is 5.32 Å². The van der Waals surface area contributed by atoms with Crippen molar-refractivity contribution in [3.63, 3.8) is 0 Å². The second-order valence-corrected chi connectivity index (χ2v) is 7.44. The van der Waals surface area contributed by atoms with Crippen LogP contribution in [0, 0.1) is 0 Å². The second kappa shape index (κ2) is 7.49. The molecule has 0 spiro atoms. The molecule has 1 amide bonds. The second-order valence-electron chi connectivity index (χ2n) is 6.38. The van der Waals surface area contributed by atoms with E-state index in [0.29, 0.717) is 36.3 Å². The number of hydrogen-bond donors (Lipinski definition) is 1. The van der Waals surface area contributed by atoms with E-state index < -0.39 is 11.4 Å². The highest BCUT2D eigenvalue weighted by molar-refractivity contribution is 7.99. The number of nitrogens with zero attached hydrogens (tertiary/aromatic N) is 1. The molecule has 1 saturated heterocycles. The molecule has 1 N–H and O–H groups in total. The summed E-state index contributed by atoms with van der Waals surface area (Å²) in [6, 6.07) is 6.98. The third kappa shape index (κ3) is 5.66. The van der Waals surface area contributed by atoms with Crippen molar-refractivity contribution in [3.05, 3.63) is 29.8 Å². The Hall–Kier alpha value is -1.34. The largest absolute Gasteiger partial charge is 0.444 e. The van der Waals surface area contributed by atoms with E-state index in [9.17, 15) is 13.6 Å². The highest BCUT2D eigenvalue weighted by atomic mass is 32.2. The van der Waals surface area contributed by atoms with E-state index >= 15 is 0 Å². The van der Waals surface area contributed by atoms with Crippen molar-refractivity contribution < 1.29 is 18.3 Å². The zero-order valence-electron chi connectivity index (χ0n) is 13.5. The summed E-state index contributed by atoms with van der Waals surface area (Å²) in [7, 11) is 0. The van der Waals surface area contributed by atoms with Gasteiger partial charge in [0.2, 0.25) is 0 Å². The zero-order chi connectivity index (χ0) is 17.0. The first-order chi connectivity index (χ1) is 10.7. The third-order valence-electron chi connectivity index (χ3n) is 3.33. The fraction of sp³-hybridized carbons (Fsp3) is 0.562. The SMILES string of the molecule is CC(C)(C)OC(=O)N1CCNC(c2ccc(SC(F)F)cc2)C1. The highest BCUT2D eigenvalue weighted by Crippen LogP contribution is 2.27. The van der Waals surface area contributed by atoms with Crippen LogP contribution in [-0.4, -0.2) is 42.0 Å². The molecule has 1 heterocycles. The molecule has 0 aromatic heterocycles. The number of nitrogens with one attached hydrogen (secondary N) is 1. The third-order valence-corrected chi connectivity index (χ3v) is 4.06. The van der Waals surface area contributed by atoms with E-state index in [2.05, 4.69) is 5.32 Å². The number of thioether (sulfide) groups is 1. The molecule has 1 aromatic carbocycles. The van der Waals surface area contributed by atoms with E-state index in [4.69, 9.17) is 4.74 Å². The molecular weight excluding hydrogens is 322 g/mol. The number of piperazine rings is 1. The minimum Gasteiger partial charge on any atom is -0.444 e. The smallest absolute Gasteiger partial charge is 0.410 e. The Bertz CT molecular complexity index is 532. The summed E-state index contributed by atoms with van der Waals surface area (Å²) in [5, 5.41) is 3.34. The first-order valence-electron chi connectivity index (χ1n) is 7.51. The van der Waals surface area contributed by atoms with Crippen LogP contribution >= 0.6 is 11.8 Å². The monoisotopic (exact) mass is 344 g/mol. The number of amides is 1. The first-order valence-corrected chi connectivity index (χ1v) is 8.38. The summed E-state index contributed by atoms with van der Waals surface area (Å²) in [6.07, 6.45) is -0.325. The van der Waals surface area contributed by atoms with Crippen LogP contribution in [0.15, 0.2) is 29.2 Å². The van der Waals surface area contributed by atoms with E-state index in [1.807, 2.05) is 32.9 Å². The summed E-state index contributed by atoms with van der Waals surface area (Å²) < 4.78 is 30.1. The van der Waals surface area contributed by atoms with Gasteiger partial charge in [0.05, 0.1) is 6.04 Å². The summed E-state index contributed by atoms with van der Waals surface area (Å²) in [5.74, 6) is -2.42. The Morgan fingerprint density at radius 1 is 1.35 bits per heavy atom. The van der Waals surface area contributed by atoms with Gasteiger partial charge in [0.15, 0.2) is 0 Å². The normalized spacial score (nSPS) is 19.0. The molecule has 1 aliphatic heterocycles. The summed E-state index contributed by atoms with van der Waals surface area (Å²) >= 11 is 0.527. The van der Waals surface area contributed by atoms with Gasteiger partial charge in [-0.1, -0.05) is 23.9 Å². The number of benzene rings is 1. The molecule has 0 saturated carbocycles. The maximum Gasteiger partial charge on any atom is 0.410 e. The molecule has 1 aromatic rings. The fourth-order valence-corrected chi connectivity index (χ4v) is 2.85. The topological polar surface area (TPSA) is 41.6 Å². The highest BCUT2D eigenvalue weighted by Gasteiger charge is 2.28. The van der Waals surface area contributed by atoms with E-state index in [1.165, 1.54) is 0 Å². The van der Waals surface area contributed by atoms with Crippen LogP contribution in [0.5, 0.6) is 0 Å². The van der Waals surface area contributed by atoms with Crippen molar-refractivity contribution in [2.75, 3.05) is 19.6 Å². The average molecular weight is 344 g/mol. The summed E-state index contributed by atoms with van der Waals surface area (Å²) in [4.78, 5) is 14.4. The van der Waals surface area contributed by atoms with Crippen molar-refractivity contribution in [1.82, 2.24) is 10.2 Å². The minimum absolute atomic E-state index is 0.0260. The Labute approximate surface area is 139 Å². The predicted molar refractivity (Wildman–Crippen MR) is 86.9 cm³/mol. The van der Waals surface area contributed by atoms with Gasteiger partial charge in [-0.2, -0.15) is 8.78 Å². The van der Waals surface area contributed by atoms with Gasteiger partial charge in [0.25, 0.3) is 5.76 Å². The molecule has 2 rings (SSSR count). The summed E-state index contributed by atoms with van der Waals surface area (Å²) in [5.41, 5.74) is 0.447. The van der Waals surface area contributed by atoms with Gasteiger partial charge in [-0.15, -0.1) is 0 Å². The molecule has 7 heteroatoms. The van der Waals surface area contributed by atoms with Crippen LogP contribution in [0.3, 0.4) is 0 Å². The molecule has 1 fully saturated rings. The van der Waals surface area contributed by atoms with Crippen molar-refractivity contribution >= 4 is 17.9 Å². The number of carbonyl (C=O) groups is 1. The number of rotatable bonds is 3. The molecule has 23 heavy (non-hydrogen) atoms. The van der Waals surface area contributed by atoms with Gasteiger partial charge in [-0.25, -0.2) is 4.79 Å². The molecular formula is C16H22F2N2O2S. The average Bonchev–Trinajstić information content (AvgIpc) is 2.46. The van der Waals surface area contributed by atoms with Crippen molar-refractivity contribution in [2.45, 2.75) is 43.1 Å².